The number of aromatic nitrogens is 2. The monoisotopic (exact) mass is 421 g/mol. The molecule has 0 bridgehead atoms. The maximum atomic E-state index is 12.9. The van der Waals surface area contributed by atoms with Crippen LogP contribution in [0.25, 0.3) is 5.65 Å². The third kappa shape index (κ3) is 5.73. The Morgan fingerprint density at radius 1 is 1.06 bits per heavy atom. The van der Waals surface area contributed by atoms with Crippen LogP contribution >= 0.6 is 0 Å². The summed E-state index contributed by atoms with van der Waals surface area (Å²) >= 11 is 0. The Labute approximate surface area is 186 Å². The molecule has 31 heavy (non-hydrogen) atoms. The summed E-state index contributed by atoms with van der Waals surface area (Å²) in [6, 6.07) is 11.4. The molecule has 0 amide bonds. The Bertz CT molecular complexity index is 970. The molecule has 3 aromatic rings. The van der Waals surface area contributed by atoms with E-state index < -0.39 is 0 Å². The molecule has 0 aliphatic heterocycles. The molecule has 2 aromatic heterocycles. The highest BCUT2D eigenvalue weighted by molar-refractivity contribution is 6.08. The number of aryl methyl sites for hydroxylation is 1. The molecule has 0 aliphatic carbocycles. The molecule has 1 unspecified atom stereocenters. The number of rotatable bonds is 12. The molecule has 5 heteroatoms. The molecule has 0 saturated carbocycles. The number of imidazole rings is 1. The average Bonchev–Trinajstić information content (AvgIpc) is 3.24. The van der Waals surface area contributed by atoms with Crippen LogP contribution in [0.3, 0.4) is 0 Å². The summed E-state index contributed by atoms with van der Waals surface area (Å²) in [4.78, 5) is 19.9. The van der Waals surface area contributed by atoms with Crippen molar-refractivity contribution in [2.24, 2.45) is 0 Å². The zero-order valence-electron chi connectivity index (χ0n) is 19.3. The summed E-state index contributed by atoms with van der Waals surface area (Å²) in [5.74, 6) is 0.724. The lowest BCUT2D eigenvalue weighted by atomic mass is 10.1. The Hall–Kier alpha value is -2.66. The molecule has 2 heterocycles. The highest BCUT2D eigenvalue weighted by atomic mass is 16.5. The van der Waals surface area contributed by atoms with Crippen LogP contribution in [0, 0.1) is 6.92 Å². The van der Waals surface area contributed by atoms with Crippen LogP contribution in [0.2, 0.25) is 0 Å². The summed E-state index contributed by atoms with van der Waals surface area (Å²) in [5, 5.41) is 0. The lowest BCUT2D eigenvalue weighted by Gasteiger charge is -2.31. The van der Waals surface area contributed by atoms with Gasteiger partial charge in [0.15, 0.2) is 6.23 Å². The van der Waals surface area contributed by atoms with Gasteiger partial charge in [-0.15, -0.1) is 0 Å². The minimum atomic E-state index is -0.0748. The van der Waals surface area contributed by atoms with Gasteiger partial charge in [-0.3, -0.25) is 9.69 Å². The van der Waals surface area contributed by atoms with Gasteiger partial charge >= 0.3 is 0 Å². The summed E-state index contributed by atoms with van der Waals surface area (Å²) in [6.45, 7) is 10.7. The molecule has 3 rings (SSSR count). The Morgan fingerprint density at radius 2 is 1.74 bits per heavy atom. The van der Waals surface area contributed by atoms with Gasteiger partial charge in [0.1, 0.15) is 17.1 Å². The van der Waals surface area contributed by atoms with Crippen LogP contribution in [0.1, 0.15) is 74.5 Å². The van der Waals surface area contributed by atoms with E-state index in [-0.39, 0.29) is 12.0 Å². The van der Waals surface area contributed by atoms with Crippen LogP contribution in [-0.2, 0) is 0 Å². The number of unbranched alkanes of at least 4 members (excludes halogenated alkanes) is 2. The predicted molar refractivity (Wildman–Crippen MR) is 126 cm³/mol. The smallest absolute Gasteiger partial charge is 0.212 e. The van der Waals surface area contributed by atoms with Gasteiger partial charge in [0.2, 0.25) is 5.78 Å². The summed E-state index contributed by atoms with van der Waals surface area (Å²) < 4.78 is 8.21. The zero-order valence-corrected chi connectivity index (χ0v) is 19.3. The second kappa shape index (κ2) is 11.1. The fourth-order valence-corrected chi connectivity index (χ4v) is 3.79. The first-order chi connectivity index (χ1) is 15.1. The number of ether oxygens (including phenoxy) is 1. The van der Waals surface area contributed by atoms with Crippen molar-refractivity contribution < 1.29 is 9.53 Å². The molecule has 0 spiro atoms. The SMILES string of the molecule is CCCCN(CCCC)C(CC)Oc1ccc(C(=O)c2cn3cccc(C)c3n2)cc1. The molecule has 0 N–H and O–H groups in total. The maximum absolute atomic E-state index is 12.9. The molecule has 1 aromatic carbocycles. The van der Waals surface area contributed by atoms with Crippen molar-refractivity contribution in [3.8, 4) is 5.75 Å². The van der Waals surface area contributed by atoms with Crippen molar-refractivity contribution in [1.29, 1.82) is 0 Å². The van der Waals surface area contributed by atoms with Gasteiger partial charge in [-0.1, -0.05) is 39.7 Å². The standard InChI is InChI=1S/C26H35N3O2/c1-5-8-16-28(17-9-6-2)24(7-3)31-22-14-12-21(13-15-22)25(30)23-19-29-18-10-11-20(4)26(29)27-23/h10-15,18-19,24H,5-9,16-17H2,1-4H3. The van der Waals surface area contributed by atoms with Crippen LogP contribution in [0.5, 0.6) is 5.75 Å². The molecular formula is C26H35N3O2. The van der Waals surface area contributed by atoms with Crippen LogP contribution < -0.4 is 4.74 Å². The van der Waals surface area contributed by atoms with Crippen LogP contribution in [0.4, 0.5) is 0 Å². The van der Waals surface area contributed by atoms with Crippen molar-refractivity contribution in [3.05, 3.63) is 65.6 Å². The maximum Gasteiger partial charge on any atom is 0.212 e. The van der Waals surface area contributed by atoms with Crippen molar-refractivity contribution in [2.45, 2.75) is 66.0 Å². The first-order valence-corrected chi connectivity index (χ1v) is 11.6. The van der Waals surface area contributed by atoms with E-state index in [1.54, 1.807) is 6.20 Å². The number of ketones is 1. The number of carbonyl (C=O) groups is 1. The Kier molecular flexibility index (Phi) is 8.24. The zero-order chi connectivity index (χ0) is 22.2. The van der Waals surface area contributed by atoms with E-state index in [4.69, 9.17) is 4.74 Å². The summed E-state index contributed by atoms with van der Waals surface area (Å²) in [5.41, 5.74) is 2.94. The van der Waals surface area contributed by atoms with E-state index in [2.05, 4.69) is 30.7 Å². The number of pyridine rings is 1. The van der Waals surface area contributed by atoms with E-state index in [0.29, 0.717) is 11.3 Å². The van der Waals surface area contributed by atoms with Crippen molar-refractivity contribution in [2.75, 3.05) is 13.1 Å². The van der Waals surface area contributed by atoms with Crippen LogP contribution in [-0.4, -0.2) is 39.4 Å². The highest BCUT2D eigenvalue weighted by Gasteiger charge is 2.19. The first-order valence-electron chi connectivity index (χ1n) is 11.6. The third-order valence-corrected chi connectivity index (χ3v) is 5.65. The number of hydrogen-bond acceptors (Lipinski definition) is 4. The lowest BCUT2D eigenvalue weighted by molar-refractivity contribution is 0.0202. The number of nitrogens with zero attached hydrogens (tertiary/aromatic N) is 3. The van der Waals surface area contributed by atoms with E-state index in [1.807, 2.05) is 53.9 Å². The largest absolute Gasteiger partial charge is 0.475 e. The molecule has 5 nitrogen and oxygen atoms in total. The van der Waals surface area contributed by atoms with E-state index in [9.17, 15) is 4.79 Å². The third-order valence-electron chi connectivity index (χ3n) is 5.65. The fourth-order valence-electron chi connectivity index (χ4n) is 3.79. The molecule has 166 valence electrons. The van der Waals surface area contributed by atoms with E-state index in [1.165, 1.54) is 25.7 Å². The molecular weight excluding hydrogens is 386 g/mol. The van der Waals surface area contributed by atoms with Gasteiger partial charge in [0.25, 0.3) is 0 Å². The Morgan fingerprint density at radius 3 is 2.32 bits per heavy atom. The van der Waals surface area contributed by atoms with Crippen molar-refractivity contribution >= 4 is 11.4 Å². The lowest BCUT2D eigenvalue weighted by Crippen LogP contribution is -2.40. The average molecular weight is 422 g/mol. The van der Waals surface area contributed by atoms with Gasteiger partial charge < -0.3 is 9.14 Å². The number of fused-ring (bicyclic) bond motifs is 1. The fraction of sp³-hybridized carbons (Fsp3) is 0.462. The quantitative estimate of drug-likeness (QED) is 0.270. The highest BCUT2D eigenvalue weighted by Crippen LogP contribution is 2.20. The summed E-state index contributed by atoms with van der Waals surface area (Å²) in [7, 11) is 0. The van der Waals surface area contributed by atoms with Gasteiger partial charge in [-0.25, -0.2) is 4.98 Å². The number of hydrogen-bond donors (Lipinski definition) is 0. The van der Waals surface area contributed by atoms with Crippen molar-refractivity contribution in [3.63, 3.8) is 0 Å². The van der Waals surface area contributed by atoms with Gasteiger partial charge in [0.05, 0.1) is 0 Å². The van der Waals surface area contributed by atoms with Crippen molar-refractivity contribution in [1.82, 2.24) is 14.3 Å². The molecule has 0 radical (unpaired) electrons. The van der Waals surface area contributed by atoms with Gasteiger partial charge in [0, 0.05) is 31.0 Å². The van der Waals surface area contributed by atoms with Gasteiger partial charge in [-0.2, -0.15) is 0 Å². The molecule has 0 saturated heterocycles. The molecule has 1 atom stereocenters. The molecule has 0 aliphatic rings. The Balaban J connectivity index is 1.71. The van der Waals surface area contributed by atoms with E-state index in [0.717, 1.165) is 36.5 Å². The number of carbonyl (C=O) groups excluding carboxylic acids is 1. The van der Waals surface area contributed by atoms with E-state index >= 15 is 0 Å². The van der Waals surface area contributed by atoms with Gasteiger partial charge in [-0.05, 0) is 62.1 Å². The predicted octanol–water partition coefficient (Wildman–Crippen LogP) is 5.89. The summed E-state index contributed by atoms with van der Waals surface area (Å²) in [6.07, 6.45) is 9.40. The number of benzene rings is 1. The molecule has 0 fully saturated rings. The normalized spacial score (nSPS) is 12.4. The topological polar surface area (TPSA) is 46.8 Å². The second-order valence-electron chi connectivity index (χ2n) is 8.13. The minimum Gasteiger partial charge on any atom is -0.475 e. The van der Waals surface area contributed by atoms with Crippen LogP contribution in [0.15, 0.2) is 48.8 Å². The second-order valence-corrected chi connectivity index (χ2v) is 8.13. The minimum absolute atomic E-state index is 0.0565. The first kappa shape index (κ1) is 23.0.